The van der Waals surface area contributed by atoms with Crippen LogP contribution in [0.15, 0.2) is 82.3 Å². The number of pyridine rings is 1. The van der Waals surface area contributed by atoms with Gasteiger partial charge in [-0.25, -0.2) is 8.78 Å². The number of aryl methyl sites for hydroxylation is 2. The van der Waals surface area contributed by atoms with Crippen molar-refractivity contribution in [1.29, 1.82) is 0 Å². The lowest BCUT2D eigenvalue weighted by Gasteiger charge is -2.25. The number of carboxylic acid groups (broad SMARTS) is 1. The van der Waals surface area contributed by atoms with Crippen molar-refractivity contribution in [3.63, 3.8) is 0 Å². The first-order chi connectivity index (χ1) is 20.1. The summed E-state index contributed by atoms with van der Waals surface area (Å²) in [4.78, 5) is 39.5. The molecule has 1 aliphatic rings. The normalized spacial score (nSPS) is 16.4. The molecular formula is C32H24F2N2O6. The summed E-state index contributed by atoms with van der Waals surface area (Å²) in [6.45, 7) is 3.39. The van der Waals surface area contributed by atoms with Gasteiger partial charge in [-0.3, -0.25) is 19.0 Å². The molecule has 0 fully saturated rings. The van der Waals surface area contributed by atoms with Gasteiger partial charge in [-0.2, -0.15) is 0 Å². The van der Waals surface area contributed by atoms with Crippen LogP contribution < -0.4 is 15.6 Å². The molecule has 212 valence electrons. The zero-order chi connectivity index (χ0) is 29.7. The van der Waals surface area contributed by atoms with Crippen LogP contribution in [-0.2, 0) is 9.59 Å². The second-order valence-corrected chi connectivity index (χ2v) is 10.2. The molecule has 2 aromatic heterocycles. The van der Waals surface area contributed by atoms with E-state index in [9.17, 15) is 19.5 Å². The Hall–Kier alpha value is -5.25. The number of halogens is 2. The minimum atomic E-state index is -1.61. The molecule has 0 spiro atoms. The molecule has 1 amide bonds. The molecular weight excluding hydrogens is 546 g/mol. The number of rotatable bonds is 3. The Kier molecular flexibility index (Phi) is 6.61. The average Bonchev–Trinajstić information content (AvgIpc) is 3.42. The molecule has 4 bridgehead atoms. The van der Waals surface area contributed by atoms with Gasteiger partial charge in [0.05, 0.1) is 24.1 Å². The van der Waals surface area contributed by atoms with Crippen LogP contribution in [0.1, 0.15) is 40.8 Å². The Bertz CT molecular complexity index is 1960. The summed E-state index contributed by atoms with van der Waals surface area (Å²) in [6.07, 6.45) is 1.93. The van der Waals surface area contributed by atoms with Crippen molar-refractivity contribution in [2.24, 2.45) is 0 Å². The topological polar surface area (TPSA) is 111 Å². The van der Waals surface area contributed by atoms with Crippen molar-refractivity contribution < 1.29 is 32.6 Å². The highest BCUT2D eigenvalue weighted by molar-refractivity contribution is 5.86. The van der Waals surface area contributed by atoms with Crippen LogP contribution in [0, 0.1) is 25.5 Å². The lowest BCUT2D eigenvalue weighted by atomic mass is 9.92. The number of fused-ring (bicyclic) bond motifs is 7. The molecule has 6 rings (SSSR count). The first-order valence-corrected chi connectivity index (χ1v) is 13.1. The smallest absolute Gasteiger partial charge is 0.305 e. The standard InChI is InChI=1S/C32H24F2N2O6/c1-16-4-3-5-26-28(16)18-12-17(2)29(34)22(13-18)24(15-27(37)38)35-31(39)30(21-14-19(42-26)6-7-23(21)33)36-10-8-25-20(32(36)40)9-11-41-25/h3-14,24,30H,15H2,1-2H3,(H,35,39)(H,37,38)/t24-,30-/m1/s1. The average molecular weight is 571 g/mol. The number of benzene rings is 3. The fraction of sp³-hybridized carbons (Fsp3) is 0.156. The molecule has 2 N–H and O–H groups in total. The largest absolute Gasteiger partial charge is 0.481 e. The maximum atomic E-state index is 15.7. The molecule has 1 aliphatic heterocycles. The van der Waals surface area contributed by atoms with Crippen molar-refractivity contribution >= 4 is 22.8 Å². The van der Waals surface area contributed by atoms with Crippen LogP contribution >= 0.6 is 0 Å². The number of furan rings is 1. The number of ether oxygens (including phenoxy) is 1. The van der Waals surface area contributed by atoms with E-state index in [1.54, 1.807) is 25.1 Å². The number of aliphatic carboxylic acids is 1. The monoisotopic (exact) mass is 570 g/mol. The summed E-state index contributed by atoms with van der Waals surface area (Å²) in [6, 6.07) is 12.2. The fourth-order valence-corrected chi connectivity index (χ4v) is 5.48. The summed E-state index contributed by atoms with van der Waals surface area (Å²) in [5.74, 6) is -3.15. The summed E-state index contributed by atoms with van der Waals surface area (Å²) >= 11 is 0. The highest BCUT2D eigenvalue weighted by atomic mass is 19.1. The number of nitrogens with zero attached hydrogens (tertiary/aromatic N) is 1. The van der Waals surface area contributed by atoms with Crippen molar-refractivity contribution in [3.05, 3.63) is 117 Å². The van der Waals surface area contributed by atoms with E-state index >= 15 is 8.78 Å². The lowest BCUT2D eigenvalue weighted by molar-refractivity contribution is -0.137. The highest BCUT2D eigenvalue weighted by Crippen LogP contribution is 2.40. The molecule has 3 aromatic carbocycles. The van der Waals surface area contributed by atoms with E-state index in [1.807, 2.05) is 13.0 Å². The SMILES string of the molecule is Cc1cc2cc(c1F)[C@@H](CC(=O)O)NC(=O)[C@H](n1ccc3occc3c1=O)c1cc(ccc1F)Oc1cccc(C)c1-2. The number of amides is 1. The lowest BCUT2D eigenvalue weighted by Crippen LogP contribution is -2.40. The molecule has 0 radical (unpaired) electrons. The molecule has 3 heterocycles. The third-order valence-corrected chi connectivity index (χ3v) is 7.44. The Labute approximate surface area is 237 Å². The fourth-order valence-electron chi connectivity index (χ4n) is 5.48. The van der Waals surface area contributed by atoms with Crippen LogP contribution in [-0.4, -0.2) is 21.6 Å². The van der Waals surface area contributed by atoms with Gasteiger partial charge in [0.15, 0.2) is 0 Å². The van der Waals surface area contributed by atoms with E-state index < -0.39 is 47.6 Å². The molecule has 5 aromatic rings. The van der Waals surface area contributed by atoms with Crippen LogP contribution in [0.2, 0.25) is 0 Å². The van der Waals surface area contributed by atoms with Gasteiger partial charge < -0.3 is 19.6 Å². The van der Waals surface area contributed by atoms with Gasteiger partial charge in [0, 0.05) is 22.9 Å². The molecule has 42 heavy (non-hydrogen) atoms. The molecule has 0 unspecified atom stereocenters. The number of aromatic nitrogens is 1. The first kappa shape index (κ1) is 26.9. The third-order valence-electron chi connectivity index (χ3n) is 7.44. The Morgan fingerprint density at radius 1 is 1.00 bits per heavy atom. The molecule has 0 saturated carbocycles. The van der Waals surface area contributed by atoms with E-state index in [4.69, 9.17) is 9.15 Å². The molecule has 8 nitrogen and oxygen atoms in total. The van der Waals surface area contributed by atoms with E-state index in [0.717, 1.165) is 16.2 Å². The van der Waals surface area contributed by atoms with Gasteiger partial charge in [-0.05, 0) is 79.1 Å². The Morgan fingerprint density at radius 2 is 1.81 bits per heavy atom. The third kappa shape index (κ3) is 4.60. The minimum Gasteiger partial charge on any atom is -0.481 e. The molecule has 10 heteroatoms. The minimum absolute atomic E-state index is 0.0715. The van der Waals surface area contributed by atoms with Gasteiger partial charge in [-0.1, -0.05) is 12.1 Å². The summed E-state index contributed by atoms with van der Waals surface area (Å²) < 4.78 is 43.8. The van der Waals surface area contributed by atoms with E-state index in [2.05, 4.69) is 5.32 Å². The van der Waals surface area contributed by atoms with Crippen LogP contribution in [0.3, 0.4) is 0 Å². The number of carbonyl (C=O) groups is 2. The number of carbonyl (C=O) groups excluding carboxylic acids is 1. The van der Waals surface area contributed by atoms with Crippen LogP contribution in [0.4, 0.5) is 8.78 Å². The van der Waals surface area contributed by atoms with Crippen molar-refractivity contribution in [2.75, 3.05) is 0 Å². The maximum Gasteiger partial charge on any atom is 0.305 e. The zero-order valence-electron chi connectivity index (χ0n) is 22.5. The summed E-state index contributed by atoms with van der Waals surface area (Å²) in [7, 11) is 0. The van der Waals surface area contributed by atoms with E-state index in [1.165, 1.54) is 42.8 Å². The zero-order valence-corrected chi connectivity index (χ0v) is 22.5. The quantitative estimate of drug-likeness (QED) is 0.268. The van der Waals surface area contributed by atoms with Gasteiger partial charge in [-0.15, -0.1) is 0 Å². The Balaban J connectivity index is 1.65. The van der Waals surface area contributed by atoms with E-state index in [-0.39, 0.29) is 33.4 Å². The van der Waals surface area contributed by atoms with Gasteiger partial charge in [0.25, 0.3) is 5.56 Å². The predicted molar refractivity (Wildman–Crippen MR) is 150 cm³/mol. The van der Waals surface area contributed by atoms with Gasteiger partial charge >= 0.3 is 5.97 Å². The summed E-state index contributed by atoms with van der Waals surface area (Å²) in [5.41, 5.74) is 1.52. The van der Waals surface area contributed by atoms with Crippen LogP contribution in [0.5, 0.6) is 11.5 Å². The van der Waals surface area contributed by atoms with Gasteiger partial charge in [0.2, 0.25) is 5.91 Å². The molecule has 2 atom stereocenters. The summed E-state index contributed by atoms with van der Waals surface area (Å²) in [5, 5.41) is 12.5. The van der Waals surface area contributed by atoms with Crippen molar-refractivity contribution in [2.45, 2.75) is 32.4 Å². The van der Waals surface area contributed by atoms with Crippen molar-refractivity contribution in [1.82, 2.24) is 9.88 Å². The van der Waals surface area contributed by atoms with Crippen molar-refractivity contribution in [3.8, 4) is 22.6 Å². The first-order valence-electron chi connectivity index (χ1n) is 13.1. The maximum absolute atomic E-state index is 15.7. The number of hydrogen-bond acceptors (Lipinski definition) is 5. The Morgan fingerprint density at radius 3 is 2.60 bits per heavy atom. The van der Waals surface area contributed by atoms with Crippen LogP contribution in [0.25, 0.3) is 22.1 Å². The number of nitrogens with one attached hydrogen (secondary N) is 1. The number of hydrogen-bond donors (Lipinski definition) is 2. The second-order valence-electron chi connectivity index (χ2n) is 10.2. The second kappa shape index (κ2) is 10.3. The molecule has 0 saturated heterocycles. The van der Waals surface area contributed by atoms with E-state index in [0.29, 0.717) is 16.9 Å². The molecule has 0 aliphatic carbocycles. The highest BCUT2D eigenvalue weighted by Gasteiger charge is 2.32. The predicted octanol–water partition coefficient (Wildman–Crippen LogP) is 6.18. The number of carboxylic acids is 1. The van der Waals surface area contributed by atoms with Gasteiger partial charge in [0.1, 0.15) is 34.8 Å².